The smallest absolute Gasteiger partial charge is 0.251 e. The van der Waals surface area contributed by atoms with E-state index in [0.29, 0.717) is 26.1 Å². The number of aromatic nitrogens is 1. The van der Waals surface area contributed by atoms with Crippen LogP contribution in [0.5, 0.6) is 0 Å². The number of carbonyl (C=O) groups is 2. The highest BCUT2D eigenvalue weighted by atomic mass is 16.5. The Morgan fingerprint density at radius 3 is 3.04 bits per heavy atom. The van der Waals surface area contributed by atoms with Crippen molar-refractivity contribution >= 4 is 17.5 Å². The van der Waals surface area contributed by atoms with Crippen molar-refractivity contribution in [1.29, 1.82) is 0 Å². The molecule has 6 heteroatoms. The van der Waals surface area contributed by atoms with E-state index in [1.54, 1.807) is 12.4 Å². The molecule has 3 aliphatic heterocycles. The number of pyridine rings is 1. The number of anilines is 1. The Bertz CT molecular complexity index is 615. The Morgan fingerprint density at radius 1 is 1.39 bits per heavy atom. The van der Waals surface area contributed by atoms with Crippen LogP contribution in [0.4, 0.5) is 5.69 Å². The molecule has 0 unspecified atom stereocenters. The molecule has 0 bridgehead atoms. The van der Waals surface area contributed by atoms with Crippen LogP contribution in [0.15, 0.2) is 24.5 Å². The van der Waals surface area contributed by atoms with Gasteiger partial charge in [-0.1, -0.05) is 0 Å². The van der Waals surface area contributed by atoms with Crippen molar-refractivity contribution in [2.24, 2.45) is 5.41 Å². The third kappa shape index (κ3) is 2.61. The van der Waals surface area contributed by atoms with E-state index in [0.717, 1.165) is 31.5 Å². The van der Waals surface area contributed by atoms with Gasteiger partial charge in [-0.25, -0.2) is 0 Å². The van der Waals surface area contributed by atoms with Gasteiger partial charge in [0.1, 0.15) is 6.10 Å². The molecule has 0 aliphatic carbocycles. The van der Waals surface area contributed by atoms with Gasteiger partial charge in [-0.15, -0.1) is 0 Å². The average molecular weight is 315 g/mol. The molecule has 1 aromatic heterocycles. The van der Waals surface area contributed by atoms with E-state index in [1.807, 2.05) is 21.9 Å². The molecule has 0 radical (unpaired) electrons. The Labute approximate surface area is 135 Å². The molecule has 0 saturated carbocycles. The van der Waals surface area contributed by atoms with Gasteiger partial charge in [-0.2, -0.15) is 0 Å². The van der Waals surface area contributed by atoms with Crippen LogP contribution >= 0.6 is 0 Å². The topological polar surface area (TPSA) is 62.7 Å². The molecular formula is C17H21N3O3. The van der Waals surface area contributed by atoms with Gasteiger partial charge in [-0.05, 0) is 31.4 Å². The van der Waals surface area contributed by atoms with Gasteiger partial charge in [0.05, 0.1) is 11.9 Å². The third-order valence-electron chi connectivity index (χ3n) is 5.23. The molecule has 3 aliphatic rings. The SMILES string of the molecule is O=C([C@H]1CCCO1)N1CC[C@@]2(CC(=O)N(c3cccnc3)C2)C1. The monoisotopic (exact) mass is 315 g/mol. The Kier molecular flexibility index (Phi) is 3.56. The zero-order valence-electron chi connectivity index (χ0n) is 13.1. The molecule has 6 nitrogen and oxygen atoms in total. The van der Waals surface area contributed by atoms with Gasteiger partial charge in [-0.3, -0.25) is 14.6 Å². The highest BCUT2D eigenvalue weighted by Crippen LogP contribution is 2.42. The van der Waals surface area contributed by atoms with E-state index >= 15 is 0 Å². The van der Waals surface area contributed by atoms with Crippen molar-refractivity contribution < 1.29 is 14.3 Å². The maximum absolute atomic E-state index is 12.5. The average Bonchev–Trinajstić information content (AvgIpc) is 3.29. The molecule has 0 aromatic carbocycles. The molecule has 4 rings (SSSR count). The molecule has 0 N–H and O–H groups in total. The minimum Gasteiger partial charge on any atom is -0.368 e. The number of nitrogens with zero attached hydrogens (tertiary/aromatic N) is 3. The number of ether oxygens (including phenoxy) is 1. The first kappa shape index (κ1) is 14.6. The molecule has 3 saturated heterocycles. The van der Waals surface area contributed by atoms with Gasteiger partial charge in [0.2, 0.25) is 5.91 Å². The van der Waals surface area contributed by atoms with E-state index in [-0.39, 0.29) is 23.3 Å². The summed E-state index contributed by atoms with van der Waals surface area (Å²) in [6.45, 7) is 2.75. The van der Waals surface area contributed by atoms with Crippen LogP contribution in [0, 0.1) is 5.41 Å². The zero-order valence-corrected chi connectivity index (χ0v) is 13.1. The van der Waals surface area contributed by atoms with Gasteiger partial charge in [0, 0.05) is 44.3 Å². The van der Waals surface area contributed by atoms with Crippen molar-refractivity contribution in [2.75, 3.05) is 31.1 Å². The Balaban J connectivity index is 1.46. The lowest BCUT2D eigenvalue weighted by Gasteiger charge is -2.25. The molecule has 122 valence electrons. The highest BCUT2D eigenvalue weighted by Gasteiger charge is 2.49. The molecule has 4 heterocycles. The molecule has 1 spiro atoms. The maximum atomic E-state index is 12.5. The minimum atomic E-state index is -0.267. The Hall–Kier alpha value is -1.95. The number of amides is 2. The lowest BCUT2D eigenvalue weighted by atomic mass is 9.86. The third-order valence-corrected chi connectivity index (χ3v) is 5.23. The number of likely N-dealkylation sites (tertiary alicyclic amines) is 1. The fourth-order valence-corrected chi connectivity index (χ4v) is 4.02. The summed E-state index contributed by atoms with van der Waals surface area (Å²) in [4.78, 5) is 32.8. The van der Waals surface area contributed by atoms with Crippen LogP contribution in [0.3, 0.4) is 0 Å². The van der Waals surface area contributed by atoms with Crippen LogP contribution < -0.4 is 4.90 Å². The zero-order chi connectivity index (χ0) is 15.9. The Morgan fingerprint density at radius 2 is 2.30 bits per heavy atom. The van der Waals surface area contributed by atoms with E-state index in [2.05, 4.69) is 4.98 Å². The largest absolute Gasteiger partial charge is 0.368 e. The highest BCUT2D eigenvalue weighted by molar-refractivity contribution is 5.96. The second kappa shape index (κ2) is 5.60. The summed E-state index contributed by atoms with van der Waals surface area (Å²) < 4.78 is 5.51. The molecule has 2 amide bonds. The maximum Gasteiger partial charge on any atom is 0.251 e. The summed E-state index contributed by atoms with van der Waals surface area (Å²) in [5, 5.41) is 0. The second-order valence-electron chi connectivity index (χ2n) is 6.88. The van der Waals surface area contributed by atoms with Crippen LogP contribution in [-0.2, 0) is 14.3 Å². The predicted molar refractivity (Wildman–Crippen MR) is 83.8 cm³/mol. The van der Waals surface area contributed by atoms with Crippen molar-refractivity contribution in [3.05, 3.63) is 24.5 Å². The van der Waals surface area contributed by atoms with E-state index in [4.69, 9.17) is 4.74 Å². The van der Waals surface area contributed by atoms with Crippen LogP contribution in [-0.4, -0.2) is 54.0 Å². The van der Waals surface area contributed by atoms with Crippen molar-refractivity contribution in [3.8, 4) is 0 Å². The molecule has 1 aromatic rings. The second-order valence-corrected chi connectivity index (χ2v) is 6.88. The first-order chi connectivity index (χ1) is 11.2. The fourth-order valence-electron chi connectivity index (χ4n) is 4.02. The quantitative estimate of drug-likeness (QED) is 0.823. The summed E-state index contributed by atoms with van der Waals surface area (Å²) in [6.07, 6.45) is 6.34. The summed E-state index contributed by atoms with van der Waals surface area (Å²) in [6, 6.07) is 3.75. The lowest BCUT2D eigenvalue weighted by Crippen LogP contribution is -2.39. The van der Waals surface area contributed by atoms with Gasteiger partial charge < -0.3 is 14.5 Å². The number of carbonyl (C=O) groups excluding carboxylic acids is 2. The van der Waals surface area contributed by atoms with Gasteiger partial charge in [0.25, 0.3) is 5.91 Å². The van der Waals surface area contributed by atoms with E-state index in [1.165, 1.54) is 0 Å². The minimum absolute atomic E-state index is 0.103. The van der Waals surface area contributed by atoms with Crippen molar-refractivity contribution in [2.45, 2.75) is 31.8 Å². The van der Waals surface area contributed by atoms with Crippen LogP contribution in [0.25, 0.3) is 0 Å². The van der Waals surface area contributed by atoms with E-state index in [9.17, 15) is 9.59 Å². The van der Waals surface area contributed by atoms with Crippen LogP contribution in [0.1, 0.15) is 25.7 Å². The summed E-state index contributed by atoms with van der Waals surface area (Å²) >= 11 is 0. The predicted octanol–water partition coefficient (Wildman–Crippen LogP) is 1.22. The number of hydrogen-bond acceptors (Lipinski definition) is 4. The van der Waals surface area contributed by atoms with Crippen molar-refractivity contribution in [3.63, 3.8) is 0 Å². The summed E-state index contributed by atoms with van der Waals surface area (Å²) in [5.74, 6) is 0.232. The van der Waals surface area contributed by atoms with Gasteiger partial charge >= 0.3 is 0 Å². The fraction of sp³-hybridized carbons (Fsp3) is 0.588. The lowest BCUT2D eigenvalue weighted by molar-refractivity contribution is -0.140. The van der Waals surface area contributed by atoms with Gasteiger partial charge in [0.15, 0.2) is 0 Å². The van der Waals surface area contributed by atoms with Crippen molar-refractivity contribution in [1.82, 2.24) is 9.88 Å². The molecule has 23 heavy (non-hydrogen) atoms. The van der Waals surface area contributed by atoms with E-state index < -0.39 is 0 Å². The normalized spacial score (nSPS) is 30.6. The summed E-state index contributed by atoms with van der Waals surface area (Å²) in [7, 11) is 0. The van der Waals surface area contributed by atoms with Crippen LogP contribution in [0.2, 0.25) is 0 Å². The number of rotatable bonds is 2. The molecular weight excluding hydrogens is 294 g/mol. The number of hydrogen-bond donors (Lipinski definition) is 0. The standard InChI is InChI=1S/C17H21N3O3/c21-15-9-17(12-20(15)13-3-1-6-18-10-13)5-7-19(11-17)16(22)14-4-2-8-23-14/h1,3,6,10,14H,2,4-5,7-9,11-12H2/t14-,17-/m1/s1. The first-order valence-corrected chi connectivity index (χ1v) is 8.28. The summed E-state index contributed by atoms with van der Waals surface area (Å²) in [5.41, 5.74) is 0.736. The molecule has 2 atom stereocenters. The first-order valence-electron chi connectivity index (χ1n) is 8.28. The molecule has 3 fully saturated rings.